The zero-order chi connectivity index (χ0) is 18.0. The second-order valence-corrected chi connectivity index (χ2v) is 6.51. The number of nitro benzene ring substituents is 1. The first-order chi connectivity index (χ1) is 12.0. The first-order valence-electron chi connectivity index (χ1n) is 8.28. The van der Waals surface area contributed by atoms with Gasteiger partial charge in [0.05, 0.1) is 17.2 Å². The fourth-order valence-electron chi connectivity index (χ4n) is 2.83. The van der Waals surface area contributed by atoms with Crippen LogP contribution >= 0.6 is 0 Å². The van der Waals surface area contributed by atoms with Gasteiger partial charge in [-0.25, -0.2) is 0 Å². The molecule has 0 atom stereocenters. The minimum atomic E-state index is -0.443. The summed E-state index contributed by atoms with van der Waals surface area (Å²) in [5, 5.41) is 11.0. The van der Waals surface area contributed by atoms with Crippen molar-refractivity contribution >= 4 is 17.3 Å². The summed E-state index contributed by atoms with van der Waals surface area (Å²) < 4.78 is 5.68. The summed E-state index contributed by atoms with van der Waals surface area (Å²) in [5.74, 6) is 0.873. The molecule has 0 radical (unpaired) electrons. The van der Waals surface area contributed by atoms with Gasteiger partial charge in [-0.05, 0) is 36.1 Å². The van der Waals surface area contributed by atoms with E-state index in [0.29, 0.717) is 42.5 Å². The molecule has 3 rings (SSSR count). The van der Waals surface area contributed by atoms with Gasteiger partial charge in [-0.3, -0.25) is 14.9 Å². The Kier molecular flexibility index (Phi) is 4.70. The fraction of sp³-hybridized carbons (Fsp3) is 0.316. The predicted octanol–water partition coefficient (Wildman–Crippen LogP) is 3.83. The Morgan fingerprint density at radius 2 is 2.08 bits per heavy atom. The van der Waals surface area contributed by atoms with Crippen LogP contribution in [0, 0.1) is 16.0 Å². The quantitative estimate of drug-likeness (QED) is 0.612. The Labute approximate surface area is 146 Å². The molecule has 0 spiro atoms. The number of rotatable bonds is 5. The molecule has 1 aliphatic rings. The van der Waals surface area contributed by atoms with Gasteiger partial charge in [-0.15, -0.1) is 0 Å². The number of fused-ring (bicyclic) bond motifs is 1. The van der Waals surface area contributed by atoms with Gasteiger partial charge in [0.1, 0.15) is 5.75 Å². The van der Waals surface area contributed by atoms with Crippen LogP contribution in [0.25, 0.3) is 0 Å². The van der Waals surface area contributed by atoms with Crippen molar-refractivity contribution in [3.05, 3.63) is 63.7 Å². The molecule has 0 N–H and O–H groups in total. The third-order valence-corrected chi connectivity index (χ3v) is 4.08. The number of amides is 1. The Morgan fingerprint density at radius 1 is 1.28 bits per heavy atom. The predicted molar refractivity (Wildman–Crippen MR) is 95.3 cm³/mol. The summed E-state index contributed by atoms with van der Waals surface area (Å²) in [5.41, 5.74) is 2.08. The molecule has 130 valence electrons. The number of carbonyl (C=O) groups is 1. The second-order valence-electron chi connectivity index (χ2n) is 6.51. The molecule has 6 heteroatoms. The summed E-state index contributed by atoms with van der Waals surface area (Å²) in [4.78, 5) is 25.0. The Hall–Kier alpha value is -2.89. The van der Waals surface area contributed by atoms with Gasteiger partial charge >= 0.3 is 0 Å². The van der Waals surface area contributed by atoms with E-state index >= 15 is 0 Å². The summed E-state index contributed by atoms with van der Waals surface area (Å²) in [6.45, 7) is 5.22. The minimum Gasteiger partial charge on any atom is -0.493 e. The maximum absolute atomic E-state index is 12.9. The van der Waals surface area contributed by atoms with Crippen molar-refractivity contribution in [2.45, 2.75) is 20.3 Å². The normalized spacial score (nSPS) is 13.0. The number of hydrogen-bond acceptors (Lipinski definition) is 4. The van der Waals surface area contributed by atoms with E-state index in [1.807, 2.05) is 6.07 Å². The van der Waals surface area contributed by atoms with Crippen molar-refractivity contribution in [3.63, 3.8) is 0 Å². The third-order valence-electron chi connectivity index (χ3n) is 4.08. The van der Waals surface area contributed by atoms with E-state index in [9.17, 15) is 14.9 Å². The SMILES string of the molecule is CC(C)COc1cccc(C(=O)N2CCc3ccc([N+](=O)[O-])cc32)c1. The molecule has 0 fully saturated rings. The molecule has 0 aromatic heterocycles. The van der Waals surface area contributed by atoms with Crippen molar-refractivity contribution in [2.24, 2.45) is 5.92 Å². The molecular weight excluding hydrogens is 320 g/mol. The van der Waals surface area contributed by atoms with Crippen LogP contribution in [0.15, 0.2) is 42.5 Å². The lowest BCUT2D eigenvalue weighted by molar-refractivity contribution is -0.384. The van der Waals surface area contributed by atoms with Crippen LogP contribution in [0.2, 0.25) is 0 Å². The van der Waals surface area contributed by atoms with Crippen LogP contribution in [-0.4, -0.2) is 24.0 Å². The number of nitro groups is 1. The van der Waals surface area contributed by atoms with Crippen LogP contribution in [-0.2, 0) is 6.42 Å². The lowest BCUT2D eigenvalue weighted by Gasteiger charge is -2.18. The number of benzene rings is 2. The van der Waals surface area contributed by atoms with Gasteiger partial charge in [0.2, 0.25) is 0 Å². The Bertz CT molecular complexity index is 817. The van der Waals surface area contributed by atoms with Gasteiger partial charge in [0.15, 0.2) is 0 Å². The number of non-ortho nitro benzene ring substituents is 1. The van der Waals surface area contributed by atoms with E-state index in [1.54, 1.807) is 29.2 Å². The lowest BCUT2D eigenvalue weighted by Crippen LogP contribution is -2.28. The van der Waals surface area contributed by atoms with Crippen LogP contribution in [0.5, 0.6) is 5.75 Å². The van der Waals surface area contributed by atoms with Crippen LogP contribution in [0.1, 0.15) is 29.8 Å². The monoisotopic (exact) mass is 340 g/mol. The first-order valence-corrected chi connectivity index (χ1v) is 8.28. The van der Waals surface area contributed by atoms with Crippen LogP contribution in [0.4, 0.5) is 11.4 Å². The van der Waals surface area contributed by atoms with E-state index in [4.69, 9.17) is 4.74 Å². The molecule has 0 aliphatic carbocycles. The standard InChI is InChI=1S/C19H20N2O4/c1-13(2)12-25-17-5-3-4-15(10-17)19(22)20-9-8-14-6-7-16(21(23)24)11-18(14)20/h3-7,10-11,13H,8-9,12H2,1-2H3. The average Bonchev–Trinajstić information content (AvgIpc) is 3.02. The number of hydrogen-bond donors (Lipinski definition) is 0. The largest absolute Gasteiger partial charge is 0.493 e. The Morgan fingerprint density at radius 3 is 2.80 bits per heavy atom. The fourth-order valence-corrected chi connectivity index (χ4v) is 2.83. The minimum absolute atomic E-state index is 0.00697. The van der Waals surface area contributed by atoms with Gasteiger partial charge in [0.25, 0.3) is 11.6 Å². The molecule has 25 heavy (non-hydrogen) atoms. The van der Waals surface area contributed by atoms with E-state index in [2.05, 4.69) is 13.8 Å². The van der Waals surface area contributed by atoms with E-state index in [1.165, 1.54) is 12.1 Å². The summed E-state index contributed by atoms with van der Waals surface area (Å²) >= 11 is 0. The molecular formula is C19H20N2O4. The highest BCUT2D eigenvalue weighted by Gasteiger charge is 2.27. The first kappa shape index (κ1) is 17.0. The molecule has 0 saturated carbocycles. The molecule has 2 aromatic carbocycles. The molecule has 0 unspecified atom stereocenters. The molecule has 6 nitrogen and oxygen atoms in total. The summed E-state index contributed by atoms with van der Waals surface area (Å²) in [6.07, 6.45) is 0.697. The van der Waals surface area contributed by atoms with E-state index in [-0.39, 0.29) is 11.6 Å². The highest BCUT2D eigenvalue weighted by Crippen LogP contribution is 2.33. The molecule has 1 aliphatic heterocycles. The van der Waals surface area contributed by atoms with Crippen molar-refractivity contribution in [2.75, 3.05) is 18.1 Å². The van der Waals surface area contributed by atoms with Gasteiger partial charge in [0, 0.05) is 24.2 Å². The molecule has 1 heterocycles. The summed E-state index contributed by atoms with van der Waals surface area (Å²) in [7, 11) is 0. The third kappa shape index (κ3) is 3.63. The molecule has 2 aromatic rings. The van der Waals surface area contributed by atoms with Crippen LogP contribution < -0.4 is 9.64 Å². The van der Waals surface area contributed by atoms with Crippen molar-refractivity contribution in [3.8, 4) is 5.75 Å². The number of carbonyl (C=O) groups excluding carboxylic acids is 1. The van der Waals surface area contributed by atoms with E-state index in [0.717, 1.165) is 5.56 Å². The van der Waals surface area contributed by atoms with Gasteiger partial charge < -0.3 is 9.64 Å². The van der Waals surface area contributed by atoms with Crippen molar-refractivity contribution in [1.29, 1.82) is 0 Å². The van der Waals surface area contributed by atoms with Gasteiger partial charge in [-0.1, -0.05) is 26.0 Å². The summed E-state index contributed by atoms with van der Waals surface area (Å²) in [6, 6.07) is 11.7. The highest BCUT2D eigenvalue weighted by molar-refractivity contribution is 6.07. The maximum Gasteiger partial charge on any atom is 0.271 e. The molecule has 1 amide bonds. The van der Waals surface area contributed by atoms with E-state index < -0.39 is 4.92 Å². The van der Waals surface area contributed by atoms with Crippen molar-refractivity contribution < 1.29 is 14.5 Å². The molecule has 0 bridgehead atoms. The second kappa shape index (κ2) is 6.93. The van der Waals surface area contributed by atoms with Gasteiger partial charge in [-0.2, -0.15) is 0 Å². The topological polar surface area (TPSA) is 72.7 Å². The number of anilines is 1. The zero-order valence-electron chi connectivity index (χ0n) is 14.3. The zero-order valence-corrected chi connectivity index (χ0v) is 14.3. The smallest absolute Gasteiger partial charge is 0.271 e. The number of nitrogens with zero attached hydrogens (tertiary/aromatic N) is 2. The Balaban J connectivity index is 1.85. The maximum atomic E-state index is 12.9. The van der Waals surface area contributed by atoms with Crippen molar-refractivity contribution in [1.82, 2.24) is 0 Å². The highest BCUT2D eigenvalue weighted by atomic mass is 16.6. The average molecular weight is 340 g/mol. The lowest BCUT2D eigenvalue weighted by atomic mass is 10.1. The molecule has 0 saturated heterocycles. The number of ether oxygens (including phenoxy) is 1. The van der Waals surface area contributed by atoms with Crippen LogP contribution in [0.3, 0.4) is 0 Å².